The van der Waals surface area contributed by atoms with Crippen LogP contribution >= 0.6 is 11.3 Å². The van der Waals surface area contributed by atoms with Gasteiger partial charge in [0.1, 0.15) is 11.8 Å². The minimum Gasteiger partial charge on any atom is -0.497 e. The molecule has 2 heterocycles. The Morgan fingerprint density at radius 1 is 1.12 bits per heavy atom. The van der Waals surface area contributed by atoms with Crippen molar-refractivity contribution >= 4 is 44.8 Å². The smallest absolute Gasteiger partial charge is 0.257 e. The van der Waals surface area contributed by atoms with E-state index in [2.05, 4.69) is 0 Å². The van der Waals surface area contributed by atoms with Crippen molar-refractivity contribution in [2.75, 3.05) is 12.0 Å². The zero-order chi connectivity index (χ0) is 24.5. The molecular formula is C23H21N3O6S2. The van der Waals surface area contributed by atoms with Crippen LogP contribution in [-0.2, 0) is 26.2 Å². The Bertz CT molecular complexity index is 1320. The van der Waals surface area contributed by atoms with Gasteiger partial charge >= 0.3 is 0 Å². The van der Waals surface area contributed by atoms with E-state index in [0.29, 0.717) is 11.3 Å². The summed E-state index contributed by atoms with van der Waals surface area (Å²) >= 11 is 1.44. The van der Waals surface area contributed by atoms with Gasteiger partial charge in [-0.15, -0.1) is 11.3 Å². The normalized spacial score (nSPS) is 16.1. The first-order chi connectivity index (χ1) is 16.2. The molecular weight excluding hydrogens is 478 g/mol. The van der Waals surface area contributed by atoms with Crippen LogP contribution in [0.1, 0.15) is 21.7 Å². The van der Waals surface area contributed by atoms with Gasteiger partial charge in [-0.2, -0.15) is 0 Å². The second-order valence-corrected chi connectivity index (χ2v) is 10.2. The van der Waals surface area contributed by atoms with Gasteiger partial charge < -0.3 is 9.64 Å². The number of hydrogen-bond acceptors (Lipinski definition) is 7. The molecule has 176 valence electrons. The molecule has 2 aromatic carbocycles. The van der Waals surface area contributed by atoms with Crippen LogP contribution in [-0.4, -0.2) is 44.2 Å². The van der Waals surface area contributed by atoms with E-state index in [0.717, 1.165) is 9.78 Å². The number of sulfonamides is 1. The number of carbonyl (C=O) groups is 3. The van der Waals surface area contributed by atoms with Gasteiger partial charge in [-0.1, -0.05) is 6.07 Å². The number of ether oxygens (including phenoxy) is 1. The number of rotatable bonds is 7. The number of hydrogen-bond donors (Lipinski definition) is 1. The third kappa shape index (κ3) is 4.72. The quantitative estimate of drug-likeness (QED) is 0.497. The van der Waals surface area contributed by atoms with E-state index in [-0.39, 0.29) is 23.5 Å². The molecule has 1 aromatic heterocycles. The fraction of sp³-hybridized carbons (Fsp3) is 0.174. The van der Waals surface area contributed by atoms with Crippen LogP contribution in [0.25, 0.3) is 0 Å². The molecule has 3 aromatic rings. The molecule has 0 bridgehead atoms. The maximum absolute atomic E-state index is 13.4. The molecule has 0 saturated carbocycles. The molecule has 1 atom stereocenters. The summed E-state index contributed by atoms with van der Waals surface area (Å²) in [5.74, 6) is -0.861. The maximum Gasteiger partial charge on any atom is 0.257 e. The average Bonchev–Trinajstić information content (AvgIpc) is 3.44. The standard InChI is InChI=1S/C23H21N3O6S2/c1-32-17-8-4-15(5-9-17)22(28)25(14-18-3-2-12-33-18)20-13-21(27)26(23(20)29)16-6-10-19(11-7-16)34(24,30)31/h2-12,20H,13-14H2,1H3,(H2,24,30,31). The second kappa shape index (κ2) is 9.37. The minimum absolute atomic E-state index is 0.138. The third-order valence-electron chi connectivity index (χ3n) is 5.43. The largest absolute Gasteiger partial charge is 0.497 e. The summed E-state index contributed by atoms with van der Waals surface area (Å²) in [6.07, 6.45) is -0.191. The lowest BCUT2D eigenvalue weighted by molar-refractivity contribution is -0.122. The van der Waals surface area contributed by atoms with Crippen molar-refractivity contribution in [1.29, 1.82) is 0 Å². The third-order valence-corrected chi connectivity index (χ3v) is 7.22. The molecule has 1 aliphatic heterocycles. The molecule has 9 nitrogen and oxygen atoms in total. The molecule has 1 saturated heterocycles. The lowest BCUT2D eigenvalue weighted by atomic mass is 10.1. The van der Waals surface area contributed by atoms with Gasteiger partial charge in [0.15, 0.2) is 0 Å². The number of methoxy groups -OCH3 is 1. The van der Waals surface area contributed by atoms with E-state index in [1.54, 1.807) is 24.3 Å². The molecule has 2 N–H and O–H groups in total. The first-order valence-electron chi connectivity index (χ1n) is 10.2. The van der Waals surface area contributed by atoms with Crippen LogP contribution in [0.15, 0.2) is 70.9 Å². The van der Waals surface area contributed by atoms with E-state index < -0.39 is 33.8 Å². The molecule has 0 aliphatic carbocycles. The SMILES string of the molecule is COc1ccc(C(=O)N(Cc2cccs2)C2CC(=O)N(c3ccc(S(N)(=O)=O)cc3)C2=O)cc1. The lowest BCUT2D eigenvalue weighted by Crippen LogP contribution is -2.45. The summed E-state index contributed by atoms with van der Waals surface area (Å²) in [5.41, 5.74) is 0.562. The van der Waals surface area contributed by atoms with E-state index in [4.69, 9.17) is 9.88 Å². The predicted molar refractivity (Wildman–Crippen MR) is 126 cm³/mol. The summed E-state index contributed by atoms with van der Waals surface area (Å²) < 4.78 is 28.2. The van der Waals surface area contributed by atoms with Crippen LogP contribution in [0.4, 0.5) is 5.69 Å². The number of nitrogens with two attached hydrogens (primary N) is 1. The van der Waals surface area contributed by atoms with Crippen molar-refractivity contribution in [3.8, 4) is 5.75 Å². The zero-order valence-corrected chi connectivity index (χ0v) is 19.7. The molecule has 3 amide bonds. The van der Waals surface area contributed by atoms with Gasteiger partial charge in [-0.25, -0.2) is 18.5 Å². The first-order valence-corrected chi connectivity index (χ1v) is 12.6. The highest BCUT2D eigenvalue weighted by Gasteiger charge is 2.44. The monoisotopic (exact) mass is 499 g/mol. The Balaban J connectivity index is 1.65. The summed E-state index contributed by atoms with van der Waals surface area (Å²) in [7, 11) is -2.40. The second-order valence-electron chi connectivity index (χ2n) is 7.57. The van der Waals surface area contributed by atoms with E-state index in [1.165, 1.54) is 47.6 Å². The Morgan fingerprint density at radius 2 is 1.79 bits per heavy atom. The van der Waals surface area contributed by atoms with Gasteiger partial charge in [-0.3, -0.25) is 14.4 Å². The number of imide groups is 1. The highest BCUT2D eigenvalue weighted by molar-refractivity contribution is 7.89. The van der Waals surface area contributed by atoms with Gasteiger partial charge in [0.2, 0.25) is 15.9 Å². The van der Waals surface area contributed by atoms with Gasteiger partial charge in [0.05, 0.1) is 30.7 Å². The van der Waals surface area contributed by atoms with Crippen molar-refractivity contribution in [3.63, 3.8) is 0 Å². The van der Waals surface area contributed by atoms with Crippen LogP contribution < -0.4 is 14.8 Å². The fourth-order valence-electron chi connectivity index (χ4n) is 3.71. The average molecular weight is 500 g/mol. The maximum atomic E-state index is 13.4. The number of thiophene rings is 1. The molecule has 11 heteroatoms. The Labute approximate surface area is 200 Å². The lowest BCUT2D eigenvalue weighted by Gasteiger charge is -2.27. The molecule has 0 spiro atoms. The van der Waals surface area contributed by atoms with E-state index in [1.807, 2.05) is 17.5 Å². The highest BCUT2D eigenvalue weighted by Crippen LogP contribution is 2.29. The van der Waals surface area contributed by atoms with Crippen LogP contribution in [0.2, 0.25) is 0 Å². The van der Waals surface area contributed by atoms with E-state index in [9.17, 15) is 22.8 Å². The number of benzene rings is 2. The molecule has 1 fully saturated rings. The number of carbonyl (C=O) groups excluding carboxylic acids is 3. The van der Waals surface area contributed by atoms with Gasteiger partial charge in [0, 0.05) is 10.4 Å². The summed E-state index contributed by atoms with van der Waals surface area (Å²) in [6.45, 7) is 0.157. The van der Waals surface area contributed by atoms with Crippen molar-refractivity contribution in [2.24, 2.45) is 5.14 Å². The summed E-state index contributed by atoms with van der Waals surface area (Å²) in [5, 5.41) is 6.99. The Hall–Kier alpha value is -3.54. The first kappa shape index (κ1) is 23.6. The van der Waals surface area contributed by atoms with Crippen LogP contribution in [0.3, 0.4) is 0 Å². The van der Waals surface area contributed by atoms with E-state index >= 15 is 0 Å². The van der Waals surface area contributed by atoms with Crippen molar-refractivity contribution in [3.05, 3.63) is 76.5 Å². The molecule has 4 rings (SSSR count). The van der Waals surface area contributed by atoms with Crippen molar-refractivity contribution in [1.82, 2.24) is 4.90 Å². The Morgan fingerprint density at radius 3 is 2.35 bits per heavy atom. The molecule has 34 heavy (non-hydrogen) atoms. The van der Waals surface area contributed by atoms with Crippen molar-refractivity contribution < 1.29 is 27.5 Å². The predicted octanol–water partition coefficient (Wildman–Crippen LogP) is 2.38. The van der Waals surface area contributed by atoms with Gasteiger partial charge in [-0.05, 0) is 60.0 Å². The Kier molecular flexibility index (Phi) is 6.51. The number of amides is 3. The number of nitrogens with zero attached hydrogens (tertiary/aromatic N) is 2. The van der Waals surface area contributed by atoms with Crippen molar-refractivity contribution in [2.45, 2.75) is 23.9 Å². The topological polar surface area (TPSA) is 127 Å². The molecule has 1 unspecified atom stereocenters. The summed E-state index contributed by atoms with van der Waals surface area (Å²) in [4.78, 5) is 42.7. The minimum atomic E-state index is -3.92. The molecule has 1 aliphatic rings. The number of primary sulfonamides is 1. The zero-order valence-electron chi connectivity index (χ0n) is 18.1. The highest BCUT2D eigenvalue weighted by atomic mass is 32.2. The summed E-state index contributed by atoms with van der Waals surface area (Å²) in [6, 6.07) is 14.3. The van der Waals surface area contributed by atoms with Crippen LogP contribution in [0, 0.1) is 0 Å². The fourth-order valence-corrected chi connectivity index (χ4v) is 4.93. The number of anilines is 1. The van der Waals surface area contributed by atoms with Gasteiger partial charge in [0.25, 0.3) is 11.8 Å². The molecule has 0 radical (unpaired) electrons. The van der Waals surface area contributed by atoms with Crippen LogP contribution in [0.5, 0.6) is 5.75 Å².